The van der Waals surface area contributed by atoms with Gasteiger partial charge in [0.1, 0.15) is 6.61 Å². The summed E-state index contributed by atoms with van der Waals surface area (Å²) in [4.78, 5) is 23.2. The van der Waals surface area contributed by atoms with Crippen molar-refractivity contribution in [3.63, 3.8) is 0 Å². The van der Waals surface area contributed by atoms with E-state index in [2.05, 4.69) is 13.2 Å². The monoisotopic (exact) mass is 318 g/mol. The van der Waals surface area contributed by atoms with E-state index in [1.165, 1.54) is 13.8 Å². The van der Waals surface area contributed by atoms with E-state index in [0.29, 0.717) is 0 Å². The first kappa shape index (κ1) is 20.3. The number of ether oxygens (including phenoxy) is 2. The first-order valence-corrected chi connectivity index (χ1v) is 6.35. The quantitative estimate of drug-likeness (QED) is 0.303. The number of esters is 2. The number of aliphatic hydroxyl groups is 4. The maximum absolute atomic E-state index is 11.7. The van der Waals surface area contributed by atoms with Gasteiger partial charge in [0.2, 0.25) is 5.60 Å². The number of carbonyl (C=O) groups is 2. The summed E-state index contributed by atoms with van der Waals surface area (Å²) in [5.41, 5.74) is -4.73. The molecule has 0 aliphatic rings. The van der Waals surface area contributed by atoms with Crippen molar-refractivity contribution in [2.24, 2.45) is 0 Å². The summed E-state index contributed by atoms with van der Waals surface area (Å²) >= 11 is 0. The Labute approximate surface area is 128 Å². The lowest BCUT2D eigenvalue weighted by atomic mass is 9.84. The van der Waals surface area contributed by atoms with Crippen LogP contribution in [0, 0.1) is 0 Å². The predicted octanol–water partition coefficient (Wildman–Crippen LogP) is -1.33. The number of aliphatic hydroxyl groups excluding tert-OH is 3. The Morgan fingerprint density at radius 1 is 0.955 bits per heavy atom. The predicted molar refractivity (Wildman–Crippen MR) is 75.6 cm³/mol. The summed E-state index contributed by atoms with van der Waals surface area (Å²) in [6.07, 6.45) is 0. The molecule has 0 bridgehead atoms. The summed E-state index contributed by atoms with van der Waals surface area (Å²) in [5.74, 6) is -1.86. The van der Waals surface area contributed by atoms with Crippen molar-refractivity contribution < 1.29 is 39.5 Å². The van der Waals surface area contributed by atoms with Crippen molar-refractivity contribution in [1.29, 1.82) is 0 Å². The molecule has 0 aliphatic carbocycles. The normalized spacial score (nSPS) is 13.9. The maximum Gasteiger partial charge on any atom is 0.333 e. The first-order valence-electron chi connectivity index (χ1n) is 6.35. The van der Waals surface area contributed by atoms with Crippen LogP contribution in [0.3, 0.4) is 0 Å². The Morgan fingerprint density at radius 2 is 1.41 bits per heavy atom. The van der Waals surface area contributed by atoms with E-state index in [0.717, 1.165) is 0 Å². The van der Waals surface area contributed by atoms with E-state index in [1.807, 2.05) is 0 Å². The highest BCUT2D eigenvalue weighted by atomic mass is 16.6. The molecule has 0 aromatic heterocycles. The molecule has 0 fully saturated rings. The highest BCUT2D eigenvalue weighted by Crippen LogP contribution is 2.28. The van der Waals surface area contributed by atoms with Gasteiger partial charge in [0, 0.05) is 11.1 Å². The van der Waals surface area contributed by atoms with Gasteiger partial charge in [-0.2, -0.15) is 0 Å². The van der Waals surface area contributed by atoms with Gasteiger partial charge in [-0.3, -0.25) is 0 Å². The van der Waals surface area contributed by atoms with Gasteiger partial charge in [0.25, 0.3) is 0 Å². The van der Waals surface area contributed by atoms with Crippen LogP contribution in [0.2, 0.25) is 0 Å². The zero-order valence-corrected chi connectivity index (χ0v) is 12.7. The van der Waals surface area contributed by atoms with Crippen LogP contribution in [0.15, 0.2) is 24.3 Å². The van der Waals surface area contributed by atoms with E-state index in [1.54, 1.807) is 0 Å². The molecular formula is C14H22O8. The van der Waals surface area contributed by atoms with Crippen molar-refractivity contribution in [2.45, 2.75) is 25.0 Å². The van der Waals surface area contributed by atoms with Crippen LogP contribution in [-0.4, -0.2) is 70.0 Å². The number of hydrogen-bond donors (Lipinski definition) is 4. The van der Waals surface area contributed by atoms with Gasteiger partial charge >= 0.3 is 11.9 Å². The Balaban J connectivity index is 5.60. The Kier molecular flexibility index (Phi) is 7.41. The van der Waals surface area contributed by atoms with Gasteiger partial charge in [-0.1, -0.05) is 13.2 Å². The number of rotatable bonds is 9. The lowest BCUT2D eigenvalue weighted by Crippen LogP contribution is -2.66. The zero-order valence-electron chi connectivity index (χ0n) is 12.7. The molecule has 22 heavy (non-hydrogen) atoms. The van der Waals surface area contributed by atoms with Gasteiger partial charge in [0.05, 0.1) is 19.8 Å². The summed E-state index contributed by atoms with van der Waals surface area (Å²) < 4.78 is 9.76. The van der Waals surface area contributed by atoms with E-state index in [9.17, 15) is 30.0 Å². The molecule has 0 heterocycles. The molecule has 0 rings (SSSR count). The lowest BCUT2D eigenvalue weighted by molar-refractivity contribution is -0.239. The van der Waals surface area contributed by atoms with Crippen molar-refractivity contribution in [3.8, 4) is 0 Å². The second-order valence-electron chi connectivity index (χ2n) is 5.03. The standard InChI is InChI=1S/C14H22O8/c1-9(2)11(18)21-8-14(7-17,13(20,5-15)6-16)22-12(19)10(3)4/h15-17,20H,1,3,5-8H2,2,4H3. The van der Waals surface area contributed by atoms with E-state index < -0.39 is 49.6 Å². The third-order valence-corrected chi connectivity index (χ3v) is 3.05. The fourth-order valence-electron chi connectivity index (χ4n) is 1.39. The third-order valence-electron chi connectivity index (χ3n) is 3.05. The average molecular weight is 318 g/mol. The molecule has 0 saturated carbocycles. The van der Waals surface area contributed by atoms with Gasteiger partial charge in [-0.15, -0.1) is 0 Å². The molecule has 1 atom stereocenters. The zero-order chi connectivity index (χ0) is 17.6. The Hall–Kier alpha value is -1.74. The molecule has 0 aliphatic heterocycles. The maximum atomic E-state index is 11.7. The molecule has 4 N–H and O–H groups in total. The molecule has 0 saturated heterocycles. The van der Waals surface area contributed by atoms with Crippen LogP contribution >= 0.6 is 0 Å². The van der Waals surface area contributed by atoms with Crippen LogP contribution < -0.4 is 0 Å². The molecule has 8 heteroatoms. The molecule has 0 aromatic rings. The molecule has 0 aromatic carbocycles. The van der Waals surface area contributed by atoms with Crippen molar-refractivity contribution in [3.05, 3.63) is 24.3 Å². The summed E-state index contributed by atoms with van der Waals surface area (Å²) in [5, 5.41) is 38.4. The highest BCUT2D eigenvalue weighted by Gasteiger charge is 2.54. The fraction of sp³-hybridized carbons (Fsp3) is 0.571. The molecule has 0 amide bonds. The van der Waals surface area contributed by atoms with Crippen molar-refractivity contribution in [1.82, 2.24) is 0 Å². The van der Waals surface area contributed by atoms with Gasteiger partial charge in [-0.25, -0.2) is 9.59 Å². The Bertz CT molecular complexity index is 452. The molecule has 8 nitrogen and oxygen atoms in total. The molecule has 0 spiro atoms. The SMILES string of the molecule is C=C(C)C(=O)OCC(CO)(OC(=O)C(=C)C)C(O)(CO)CO. The van der Waals surface area contributed by atoms with Crippen molar-refractivity contribution in [2.75, 3.05) is 26.4 Å². The fourth-order valence-corrected chi connectivity index (χ4v) is 1.39. The molecular weight excluding hydrogens is 296 g/mol. The van der Waals surface area contributed by atoms with Crippen LogP contribution in [0.1, 0.15) is 13.8 Å². The van der Waals surface area contributed by atoms with E-state index in [4.69, 9.17) is 9.47 Å². The summed E-state index contributed by atoms with van der Waals surface area (Å²) in [7, 11) is 0. The van der Waals surface area contributed by atoms with Crippen LogP contribution in [0.25, 0.3) is 0 Å². The number of hydrogen-bond acceptors (Lipinski definition) is 8. The molecule has 0 radical (unpaired) electrons. The third kappa shape index (κ3) is 4.38. The van der Waals surface area contributed by atoms with Gasteiger partial charge in [0.15, 0.2) is 5.60 Å². The Morgan fingerprint density at radius 3 is 1.73 bits per heavy atom. The minimum atomic E-state index is -2.44. The highest BCUT2D eigenvalue weighted by molar-refractivity contribution is 5.88. The molecule has 126 valence electrons. The van der Waals surface area contributed by atoms with Crippen LogP contribution in [0.4, 0.5) is 0 Å². The van der Waals surface area contributed by atoms with Crippen LogP contribution in [-0.2, 0) is 19.1 Å². The largest absolute Gasteiger partial charge is 0.458 e. The molecule has 1 unspecified atom stereocenters. The first-order chi connectivity index (χ1) is 10.1. The van der Waals surface area contributed by atoms with E-state index in [-0.39, 0.29) is 11.1 Å². The lowest BCUT2D eigenvalue weighted by Gasteiger charge is -2.42. The summed E-state index contributed by atoms with van der Waals surface area (Å²) in [6.45, 7) is 5.45. The second kappa shape index (κ2) is 8.04. The minimum Gasteiger partial charge on any atom is -0.458 e. The van der Waals surface area contributed by atoms with Gasteiger partial charge in [-0.05, 0) is 13.8 Å². The number of carbonyl (C=O) groups excluding carboxylic acids is 2. The smallest absolute Gasteiger partial charge is 0.333 e. The topological polar surface area (TPSA) is 134 Å². The van der Waals surface area contributed by atoms with Crippen LogP contribution in [0.5, 0.6) is 0 Å². The van der Waals surface area contributed by atoms with Gasteiger partial charge < -0.3 is 29.9 Å². The van der Waals surface area contributed by atoms with Crippen molar-refractivity contribution >= 4 is 11.9 Å². The average Bonchev–Trinajstić information content (AvgIpc) is 2.49. The second-order valence-corrected chi connectivity index (χ2v) is 5.03. The summed E-state index contributed by atoms with van der Waals surface area (Å²) in [6, 6.07) is 0. The van der Waals surface area contributed by atoms with E-state index >= 15 is 0 Å². The minimum absolute atomic E-state index is 0.0367.